The molecule has 0 radical (unpaired) electrons. The summed E-state index contributed by atoms with van der Waals surface area (Å²) in [5.74, 6) is 0.166. The highest BCUT2D eigenvalue weighted by Gasteiger charge is 2.13. The van der Waals surface area contributed by atoms with Crippen LogP contribution in [0.25, 0.3) is 10.9 Å². The Bertz CT molecular complexity index is 653. The molecule has 2 aromatic rings. The third kappa shape index (κ3) is 2.58. The van der Waals surface area contributed by atoms with Gasteiger partial charge in [0.05, 0.1) is 16.2 Å². The maximum Gasteiger partial charge on any atom is 0.178 e. The van der Waals surface area contributed by atoms with E-state index in [1.807, 2.05) is 6.92 Å². The van der Waals surface area contributed by atoms with Gasteiger partial charge >= 0.3 is 0 Å². The molecule has 0 N–H and O–H groups in total. The number of sulfone groups is 1. The first-order chi connectivity index (χ1) is 8.03. The highest BCUT2D eigenvalue weighted by Crippen LogP contribution is 2.20. The molecule has 0 atom stereocenters. The second-order valence-corrected chi connectivity index (χ2v) is 6.30. The van der Waals surface area contributed by atoms with E-state index in [2.05, 4.69) is 4.98 Å². The van der Waals surface area contributed by atoms with Gasteiger partial charge in [-0.3, -0.25) is 0 Å². The van der Waals surface area contributed by atoms with E-state index >= 15 is 0 Å². The van der Waals surface area contributed by atoms with E-state index in [4.69, 9.17) is 11.6 Å². The second-order valence-electron chi connectivity index (χ2n) is 3.81. The van der Waals surface area contributed by atoms with Crippen molar-refractivity contribution < 1.29 is 8.42 Å². The monoisotopic (exact) mass is 269 g/mol. The Morgan fingerprint density at radius 2 is 2.00 bits per heavy atom. The average molecular weight is 270 g/mol. The van der Waals surface area contributed by atoms with E-state index in [-0.39, 0.29) is 5.75 Å². The Hall–Kier alpha value is -1.13. The van der Waals surface area contributed by atoms with Crippen molar-refractivity contribution in [2.75, 3.05) is 5.75 Å². The molecule has 2 rings (SSSR count). The molecule has 17 heavy (non-hydrogen) atoms. The standard InChI is InChI=1S/C12H12ClNO2S/c1-2-7-17(15,16)10-4-5-11-9(8-10)3-6-12(13)14-11/h3-6,8H,2,7H2,1H3. The van der Waals surface area contributed by atoms with Crippen molar-refractivity contribution in [3.63, 3.8) is 0 Å². The summed E-state index contributed by atoms with van der Waals surface area (Å²) in [7, 11) is -3.17. The molecular formula is C12H12ClNO2S. The molecule has 1 aromatic carbocycles. The first-order valence-corrected chi connectivity index (χ1v) is 7.35. The normalized spacial score (nSPS) is 11.9. The number of fused-ring (bicyclic) bond motifs is 1. The van der Waals surface area contributed by atoms with Crippen molar-refractivity contribution in [3.8, 4) is 0 Å². The van der Waals surface area contributed by atoms with Crippen LogP contribution in [0.1, 0.15) is 13.3 Å². The van der Waals surface area contributed by atoms with E-state index in [1.54, 1.807) is 30.3 Å². The molecule has 0 saturated carbocycles. The molecule has 1 heterocycles. The molecule has 0 aliphatic carbocycles. The summed E-state index contributed by atoms with van der Waals surface area (Å²) in [6.45, 7) is 1.85. The summed E-state index contributed by atoms with van der Waals surface area (Å²) in [4.78, 5) is 4.46. The van der Waals surface area contributed by atoms with Crippen molar-refractivity contribution in [2.45, 2.75) is 18.2 Å². The van der Waals surface area contributed by atoms with Gasteiger partial charge in [0.25, 0.3) is 0 Å². The minimum atomic E-state index is -3.17. The van der Waals surface area contributed by atoms with E-state index in [1.165, 1.54) is 0 Å². The maximum atomic E-state index is 11.9. The molecule has 0 aliphatic heterocycles. The number of benzene rings is 1. The van der Waals surface area contributed by atoms with Crippen LogP contribution in [0.3, 0.4) is 0 Å². The molecule has 5 heteroatoms. The van der Waals surface area contributed by atoms with Crippen LogP contribution in [0.15, 0.2) is 35.2 Å². The van der Waals surface area contributed by atoms with Crippen LogP contribution >= 0.6 is 11.6 Å². The summed E-state index contributed by atoms with van der Waals surface area (Å²) in [5, 5.41) is 1.19. The second kappa shape index (κ2) is 4.63. The topological polar surface area (TPSA) is 47.0 Å². The zero-order valence-electron chi connectivity index (χ0n) is 9.35. The van der Waals surface area contributed by atoms with Crippen LogP contribution in [-0.2, 0) is 9.84 Å². The summed E-state index contributed by atoms with van der Waals surface area (Å²) >= 11 is 5.77. The van der Waals surface area contributed by atoms with Gasteiger partial charge in [-0.15, -0.1) is 0 Å². The molecule has 0 spiro atoms. The molecule has 0 bridgehead atoms. The molecule has 90 valence electrons. The molecule has 1 aromatic heterocycles. The van der Waals surface area contributed by atoms with Crippen molar-refractivity contribution in [1.29, 1.82) is 0 Å². The summed E-state index contributed by atoms with van der Waals surface area (Å²) in [6.07, 6.45) is 0.610. The van der Waals surface area contributed by atoms with Crippen molar-refractivity contribution >= 4 is 32.3 Å². The van der Waals surface area contributed by atoms with Crippen LogP contribution in [0.2, 0.25) is 5.15 Å². The fourth-order valence-corrected chi connectivity index (χ4v) is 3.17. The van der Waals surface area contributed by atoms with E-state index < -0.39 is 9.84 Å². The number of hydrogen-bond donors (Lipinski definition) is 0. The van der Waals surface area contributed by atoms with Crippen LogP contribution in [0, 0.1) is 0 Å². The Kier molecular flexibility index (Phi) is 3.35. The van der Waals surface area contributed by atoms with Crippen LogP contribution in [-0.4, -0.2) is 19.2 Å². The lowest BCUT2D eigenvalue weighted by Crippen LogP contribution is -2.05. The minimum Gasteiger partial charge on any atom is -0.236 e. The predicted molar refractivity (Wildman–Crippen MR) is 69.1 cm³/mol. The first-order valence-electron chi connectivity index (χ1n) is 5.32. The van der Waals surface area contributed by atoms with Crippen LogP contribution in [0.5, 0.6) is 0 Å². The minimum absolute atomic E-state index is 0.166. The highest BCUT2D eigenvalue weighted by molar-refractivity contribution is 7.91. The number of halogens is 1. The average Bonchev–Trinajstić information content (AvgIpc) is 2.28. The Balaban J connectivity index is 2.56. The van der Waals surface area contributed by atoms with Gasteiger partial charge in [-0.2, -0.15) is 0 Å². The van der Waals surface area contributed by atoms with Gasteiger partial charge < -0.3 is 0 Å². The van der Waals surface area contributed by atoms with E-state index in [0.717, 1.165) is 5.39 Å². The van der Waals surface area contributed by atoms with Gasteiger partial charge in [-0.1, -0.05) is 18.5 Å². The molecule has 3 nitrogen and oxygen atoms in total. The fraction of sp³-hybridized carbons (Fsp3) is 0.250. The SMILES string of the molecule is CCCS(=O)(=O)c1ccc2nc(Cl)ccc2c1. The van der Waals surface area contributed by atoms with E-state index in [0.29, 0.717) is 22.0 Å². The summed E-state index contributed by atoms with van der Waals surface area (Å²) in [5.41, 5.74) is 0.702. The Labute approximate surface area is 105 Å². The lowest BCUT2D eigenvalue weighted by atomic mass is 10.2. The molecule has 0 fully saturated rings. The molecule has 0 amide bonds. The van der Waals surface area contributed by atoms with Crippen LogP contribution in [0.4, 0.5) is 0 Å². The lowest BCUT2D eigenvalue weighted by molar-refractivity contribution is 0.595. The number of aromatic nitrogens is 1. The van der Waals surface area contributed by atoms with Crippen molar-refractivity contribution in [2.24, 2.45) is 0 Å². The van der Waals surface area contributed by atoms with Crippen molar-refractivity contribution in [3.05, 3.63) is 35.5 Å². The molecule has 0 aliphatic rings. The number of pyridine rings is 1. The smallest absolute Gasteiger partial charge is 0.178 e. The quantitative estimate of drug-likeness (QED) is 0.805. The lowest BCUT2D eigenvalue weighted by Gasteiger charge is -2.04. The fourth-order valence-electron chi connectivity index (χ4n) is 1.66. The van der Waals surface area contributed by atoms with Crippen molar-refractivity contribution in [1.82, 2.24) is 4.98 Å². The molecule has 0 unspecified atom stereocenters. The number of nitrogens with zero attached hydrogens (tertiary/aromatic N) is 1. The number of hydrogen-bond acceptors (Lipinski definition) is 3. The zero-order valence-corrected chi connectivity index (χ0v) is 10.9. The summed E-state index contributed by atoms with van der Waals surface area (Å²) < 4.78 is 23.8. The zero-order chi connectivity index (χ0) is 12.5. The largest absolute Gasteiger partial charge is 0.236 e. The third-order valence-corrected chi connectivity index (χ3v) is 4.59. The van der Waals surface area contributed by atoms with Gasteiger partial charge in [0, 0.05) is 5.39 Å². The number of rotatable bonds is 3. The van der Waals surface area contributed by atoms with E-state index in [9.17, 15) is 8.42 Å². The molecule has 0 saturated heterocycles. The van der Waals surface area contributed by atoms with Gasteiger partial charge in [-0.25, -0.2) is 13.4 Å². The third-order valence-electron chi connectivity index (χ3n) is 2.46. The van der Waals surface area contributed by atoms with Gasteiger partial charge in [0.1, 0.15) is 5.15 Å². The van der Waals surface area contributed by atoms with Gasteiger partial charge in [0.15, 0.2) is 9.84 Å². The Morgan fingerprint density at radius 3 is 2.71 bits per heavy atom. The molecular weight excluding hydrogens is 258 g/mol. The van der Waals surface area contributed by atoms with Crippen LogP contribution < -0.4 is 0 Å². The highest BCUT2D eigenvalue weighted by atomic mass is 35.5. The summed E-state index contributed by atoms with van der Waals surface area (Å²) in [6, 6.07) is 8.33. The Morgan fingerprint density at radius 1 is 1.24 bits per heavy atom. The maximum absolute atomic E-state index is 11.9. The predicted octanol–water partition coefficient (Wildman–Crippen LogP) is 3.07. The van der Waals surface area contributed by atoms with Gasteiger partial charge in [0.2, 0.25) is 0 Å². The van der Waals surface area contributed by atoms with Gasteiger partial charge in [-0.05, 0) is 36.8 Å². The first kappa shape index (κ1) is 12.3.